The molecule has 1 rings (SSSR count). The Hall–Kier alpha value is -1.65. The van der Waals surface area contributed by atoms with Gasteiger partial charge in [-0.2, -0.15) is 0 Å². The smallest absolute Gasteiger partial charge is 0.303 e. The van der Waals surface area contributed by atoms with Crippen LogP contribution in [0.25, 0.3) is 0 Å². The maximum atomic E-state index is 13.7. The lowest BCUT2D eigenvalue weighted by Crippen LogP contribution is -2.06. The summed E-state index contributed by atoms with van der Waals surface area (Å²) in [6, 6.07) is 2.30. The van der Waals surface area contributed by atoms with Crippen molar-refractivity contribution in [3.05, 3.63) is 29.3 Å². The van der Waals surface area contributed by atoms with Crippen LogP contribution >= 0.6 is 0 Å². The monoisotopic (exact) mass is 230 g/mol. The number of halogens is 2. The second kappa shape index (κ2) is 4.92. The minimum Gasteiger partial charge on any atom is -0.491 e. The zero-order valence-corrected chi connectivity index (χ0v) is 8.96. The number of rotatable bonds is 4. The maximum absolute atomic E-state index is 13.7. The summed E-state index contributed by atoms with van der Waals surface area (Å²) in [5.74, 6) is -3.68. The summed E-state index contributed by atoms with van der Waals surface area (Å²) < 4.78 is 31.3. The Morgan fingerprint density at radius 3 is 2.62 bits per heavy atom. The molecular formula is C11H12F2O3. The lowest BCUT2D eigenvalue weighted by atomic mass is 9.97. The van der Waals surface area contributed by atoms with E-state index in [2.05, 4.69) is 4.74 Å². The van der Waals surface area contributed by atoms with E-state index in [0.29, 0.717) is 0 Å². The fourth-order valence-corrected chi connectivity index (χ4v) is 1.49. The van der Waals surface area contributed by atoms with Crippen molar-refractivity contribution >= 4 is 5.97 Å². The molecule has 88 valence electrons. The first-order chi connectivity index (χ1) is 7.47. The quantitative estimate of drug-likeness (QED) is 0.864. The van der Waals surface area contributed by atoms with Gasteiger partial charge in [-0.1, -0.05) is 13.0 Å². The number of carboxylic acid groups (broad SMARTS) is 1. The van der Waals surface area contributed by atoms with Crippen LogP contribution < -0.4 is 4.74 Å². The molecule has 0 fully saturated rings. The fourth-order valence-electron chi connectivity index (χ4n) is 1.49. The van der Waals surface area contributed by atoms with Crippen LogP contribution in [0.5, 0.6) is 5.75 Å². The van der Waals surface area contributed by atoms with Crippen molar-refractivity contribution in [2.24, 2.45) is 0 Å². The van der Waals surface area contributed by atoms with E-state index in [9.17, 15) is 13.6 Å². The van der Waals surface area contributed by atoms with Gasteiger partial charge in [-0.3, -0.25) is 4.79 Å². The first-order valence-electron chi connectivity index (χ1n) is 4.71. The van der Waals surface area contributed by atoms with Gasteiger partial charge in [0.2, 0.25) is 0 Å². The van der Waals surface area contributed by atoms with Gasteiger partial charge in [0.1, 0.15) is 0 Å². The molecule has 1 N–H and O–H groups in total. The second-order valence-corrected chi connectivity index (χ2v) is 3.48. The minimum absolute atomic E-state index is 0.139. The van der Waals surface area contributed by atoms with Crippen LogP contribution in [0.4, 0.5) is 8.78 Å². The topological polar surface area (TPSA) is 46.5 Å². The molecule has 0 spiro atoms. The summed E-state index contributed by atoms with van der Waals surface area (Å²) in [7, 11) is 1.16. The van der Waals surface area contributed by atoms with E-state index in [0.717, 1.165) is 13.2 Å². The second-order valence-electron chi connectivity index (χ2n) is 3.48. The van der Waals surface area contributed by atoms with Crippen LogP contribution in [-0.2, 0) is 4.79 Å². The molecule has 0 amide bonds. The molecule has 0 aliphatic heterocycles. The lowest BCUT2D eigenvalue weighted by molar-refractivity contribution is -0.137. The highest BCUT2D eigenvalue weighted by Gasteiger charge is 2.19. The van der Waals surface area contributed by atoms with Gasteiger partial charge in [0, 0.05) is 0 Å². The number of hydrogen-bond acceptors (Lipinski definition) is 2. The molecule has 16 heavy (non-hydrogen) atoms. The Balaban J connectivity index is 3.10. The van der Waals surface area contributed by atoms with Crippen molar-refractivity contribution in [1.82, 2.24) is 0 Å². The summed E-state index contributed by atoms with van der Waals surface area (Å²) in [6.07, 6.45) is -0.217. The number of ether oxygens (including phenoxy) is 1. The molecule has 1 aromatic carbocycles. The fraction of sp³-hybridized carbons (Fsp3) is 0.364. The van der Waals surface area contributed by atoms with Crippen LogP contribution in [0.3, 0.4) is 0 Å². The molecule has 1 aromatic rings. The molecule has 0 aromatic heterocycles. The number of aliphatic carboxylic acids is 1. The Morgan fingerprint density at radius 2 is 2.12 bits per heavy atom. The van der Waals surface area contributed by atoms with Gasteiger partial charge in [-0.15, -0.1) is 0 Å². The van der Waals surface area contributed by atoms with Crippen molar-refractivity contribution in [1.29, 1.82) is 0 Å². The minimum atomic E-state index is -1.03. The molecule has 1 atom stereocenters. The summed E-state index contributed by atoms with van der Waals surface area (Å²) in [5.41, 5.74) is 0.139. The molecule has 0 aliphatic carbocycles. The first kappa shape index (κ1) is 12.4. The molecule has 0 radical (unpaired) electrons. The number of methoxy groups -OCH3 is 1. The molecule has 1 unspecified atom stereocenters. The third-order valence-electron chi connectivity index (χ3n) is 2.29. The van der Waals surface area contributed by atoms with E-state index >= 15 is 0 Å². The standard InChI is InChI=1S/C11H12F2O3/c1-6(5-9(14)15)7-3-4-8(12)11(16-2)10(7)13/h3-4,6H,5H2,1-2H3,(H,14,15). The molecule has 3 nitrogen and oxygen atoms in total. The SMILES string of the molecule is COc1c(F)ccc(C(C)CC(=O)O)c1F. The van der Waals surface area contributed by atoms with E-state index in [1.807, 2.05) is 0 Å². The normalized spacial score (nSPS) is 12.2. The van der Waals surface area contributed by atoms with Crippen LogP contribution in [0.15, 0.2) is 12.1 Å². The van der Waals surface area contributed by atoms with E-state index in [1.54, 1.807) is 6.92 Å². The zero-order chi connectivity index (χ0) is 12.3. The Bertz CT molecular complexity index is 404. The molecule has 0 aliphatic rings. The molecule has 5 heteroatoms. The van der Waals surface area contributed by atoms with E-state index < -0.39 is 29.3 Å². The highest BCUT2D eigenvalue weighted by atomic mass is 19.1. The van der Waals surface area contributed by atoms with Gasteiger partial charge < -0.3 is 9.84 Å². The van der Waals surface area contributed by atoms with Crippen LogP contribution in [0, 0.1) is 11.6 Å². The predicted octanol–water partition coefficient (Wildman–Crippen LogP) is 2.55. The Morgan fingerprint density at radius 1 is 1.50 bits per heavy atom. The van der Waals surface area contributed by atoms with E-state index in [1.165, 1.54) is 6.07 Å². The van der Waals surface area contributed by atoms with Gasteiger partial charge in [-0.05, 0) is 17.5 Å². The van der Waals surface area contributed by atoms with Gasteiger partial charge in [0.25, 0.3) is 0 Å². The van der Waals surface area contributed by atoms with Crippen LogP contribution in [0.2, 0.25) is 0 Å². The highest BCUT2D eigenvalue weighted by molar-refractivity contribution is 5.68. The van der Waals surface area contributed by atoms with Crippen molar-refractivity contribution in [3.63, 3.8) is 0 Å². The van der Waals surface area contributed by atoms with Crippen molar-refractivity contribution in [3.8, 4) is 5.75 Å². The summed E-state index contributed by atoms with van der Waals surface area (Å²) in [5, 5.41) is 8.59. The Labute approximate surface area is 91.7 Å². The van der Waals surface area contributed by atoms with Crippen LogP contribution in [0.1, 0.15) is 24.8 Å². The lowest BCUT2D eigenvalue weighted by Gasteiger charge is -2.13. The average Bonchev–Trinajstić information content (AvgIpc) is 2.17. The Kier molecular flexibility index (Phi) is 3.82. The molecule has 0 saturated heterocycles. The zero-order valence-electron chi connectivity index (χ0n) is 8.96. The summed E-state index contributed by atoms with van der Waals surface area (Å²) >= 11 is 0. The number of carboxylic acids is 1. The van der Waals surface area contributed by atoms with E-state index in [-0.39, 0.29) is 12.0 Å². The first-order valence-corrected chi connectivity index (χ1v) is 4.71. The molecule has 0 bridgehead atoms. The van der Waals surface area contributed by atoms with Crippen LogP contribution in [-0.4, -0.2) is 18.2 Å². The maximum Gasteiger partial charge on any atom is 0.303 e. The van der Waals surface area contributed by atoms with Crippen molar-refractivity contribution in [2.45, 2.75) is 19.3 Å². The summed E-state index contributed by atoms with van der Waals surface area (Å²) in [6.45, 7) is 1.56. The number of carbonyl (C=O) groups is 1. The average molecular weight is 230 g/mol. The largest absolute Gasteiger partial charge is 0.491 e. The number of hydrogen-bond donors (Lipinski definition) is 1. The van der Waals surface area contributed by atoms with Gasteiger partial charge in [0.05, 0.1) is 13.5 Å². The van der Waals surface area contributed by atoms with Gasteiger partial charge in [0.15, 0.2) is 17.4 Å². The highest BCUT2D eigenvalue weighted by Crippen LogP contribution is 2.30. The van der Waals surface area contributed by atoms with Gasteiger partial charge >= 0.3 is 5.97 Å². The summed E-state index contributed by atoms with van der Waals surface area (Å²) in [4.78, 5) is 10.5. The third-order valence-corrected chi connectivity index (χ3v) is 2.29. The van der Waals surface area contributed by atoms with Crippen molar-refractivity contribution in [2.75, 3.05) is 7.11 Å². The van der Waals surface area contributed by atoms with Crippen molar-refractivity contribution < 1.29 is 23.4 Å². The predicted molar refractivity (Wildman–Crippen MR) is 53.6 cm³/mol. The molecule has 0 heterocycles. The van der Waals surface area contributed by atoms with E-state index in [4.69, 9.17) is 5.11 Å². The molecule has 0 saturated carbocycles. The third kappa shape index (κ3) is 2.48. The van der Waals surface area contributed by atoms with Gasteiger partial charge in [-0.25, -0.2) is 8.78 Å². The molecular weight excluding hydrogens is 218 g/mol. The number of benzene rings is 1.